The van der Waals surface area contributed by atoms with Crippen LogP contribution in [0.5, 0.6) is 5.75 Å². The SMILES string of the molecule is Cl.O=C(NCc1ccccc1OCc1ccccc1)C1CCNCC1. The van der Waals surface area contributed by atoms with Crippen molar-refractivity contribution in [2.45, 2.75) is 26.0 Å². The molecule has 1 amide bonds. The Bertz CT molecular complexity index is 658. The molecule has 0 radical (unpaired) electrons. The summed E-state index contributed by atoms with van der Waals surface area (Å²) in [5.41, 5.74) is 2.14. The zero-order chi connectivity index (χ0) is 16.6. The third-order valence-electron chi connectivity index (χ3n) is 4.37. The Morgan fingerprint density at radius 1 is 1.04 bits per heavy atom. The van der Waals surface area contributed by atoms with Crippen molar-refractivity contribution in [1.82, 2.24) is 10.6 Å². The molecule has 0 spiro atoms. The lowest BCUT2D eigenvalue weighted by Crippen LogP contribution is -2.37. The number of halogens is 1. The van der Waals surface area contributed by atoms with Crippen LogP contribution in [0.1, 0.15) is 24.0 Å². The normalized spacial score (nSPS) is 14.4. The van der Waals surface area contributed by atoms with Gasteiger partial charge in [0.25, 0.3) is 0 Å². The van der Waals surface area contributed by atoms with Crippen LogP contribution in [0, 0.1) is 5.92 Å². The predicted molar refractivity (Wildman–Crippen MR) is 102 cm³/mol. The number of nitrogens with one attached hydrogen (secondary N) is 2. The predicted octanol–water partition coefficient (Wildman–Crippen LogP) is 3.30. The molecule has 25 heavy (non-hydrogen) atoms. The minimum absolute atomic E-state index is 0. The Kier molecular flexibility index (Phi) is 7.76. The monoisotopic (exact) mass is 360 g/mol. The molecule has 134 valence electrons. The topological polar surface area (TPSA) is 50.4 Å². The summed E-state index contributed by atoms with van der Waals surface area (Å²) in [6.07, 6.45) is 1.83. The average Bonchev–Trinajstić information content (AvgIpc) is 2.66. The standard InChI is InChI=1S/C20H24N2O2.ClH/c23-20(17-10-12-21-13-11-17)22-14-18-8-4-5-9-19(18)24-15-16-6-2-1-3-7-16;/h1-9,17,21H,10-15H2,(H,22,23);1H. The van der Waals surface area contributed by atoms with Crippen LogP contribution >= 0.6 is 12.4 Å². The lowest BCUT2D eigenvalue weighted by Gasteiger charge is -2.22. The summed E-state index contributed by atoms with van der Waals surface area (Å²) in [4.78, 5) is 12.3. The van der Waals surface area contributed by atoms with Gasteiger partial charge in [-0.3, -0.25) is 4.79 Å². The lowest BCUT2D eigenvalue weighted by molar-refractivity contribution is -0.125. The quantitative estimate of drug-likeness (QED) is 0.831. The summed E-state index contributed by atoms with van der Waals surface area (Å²) in [6, 6.07) is 18.0. The molecule has 1 fully saturated rings. The second-order valence-electron chi connectivity index (χ2n) is 6.12. The van der Waals surface area contributed by atoms with Gasteiger partial charge in [-0.15, -0.1) is 12.4 Å². The molecule has 0 saturated carbocycles. The molecule has 3 rings (SSSR count). The van der Waals surface area contributed by atoms with Crippen LogP contribution in [-0.2, 0) is 17.9 Å². The molecule has 0 aliphatic carbocycles. The zero-order valence-corrected chi connectivity index (χ0v) is 15.1. The maximum absolute atomic E-state index is 12.3. The summed E-state index contributed by atoms with van der Waals surface area (Å²) in [6.45, 7) is 2.89. The van der Waals surface area contributed by atoms with Gasteiger partial charge in [-0.25, -0.2) is 0 Å². The Hall–Kier alpha value is -2.04. The number of carbonyl (C=O) groups is 1. The third-order valence-corrected chi connectivity index (χ3v) is 4.37. The highest BCUT2D eigenvalue weighted by Gasteiger charge is 2.20. The highest BCUT2D eigenvalue weighted by atomic mass is 35.5. The van der Waals surface area contributed by atoms with Gasteiger partial charge in [0.2, 0.25) is 5.91 Å². The van der Waals surface area contributed by atoms with Crippen LogP contribution < -0.4 is 15.4 Å². The highest BCUT2D eigenvalue weighted by molar-refractivity contribution is 5.85. The van der Waals surface area contributed by atoms with E-state index < -0.39 is 0 Å². The molecule has 5 heteroatoms. The van der Waals surface area contributed by atoms with Crippen molar-refractivity contribution in [2.24, 2.45) is 5.92 Å². The fraction of sp³-hybridized carbons (Fsp3) is 0.350. The first-order valence-corrected chi connectivity index (χ1v) is 8.56. The third kappa shape index (κ3) is 5.76. The van der Waals surface area contributed by atoms with Crippen LogP contribution in [-0.4, -0.2) is 19.0 Å². The van der Waals surface area contributed by atoms with Gasteiger partial charge in [-0.2, -0.15) is 0 Å². The number of para-hydroxylation sites is 1. The molecule has 2 aromatic rings. The molecular formula is C20H25ClN2O2. The van der Waals surface area contributed by atoms with E-state index in [1.807, 2.05) is 54.6 Å². The van der Waals surface area contributed by atoms with E-state index >= 15 is 0 Å². The van der Waals surface area contributed by atoms with Crippen molar-refractivity contribution < 1.29 is 9.53 Å². The molecule has 1 aliphatic heterocycles. The number of ether oxygens (including phenoxy) is 1. The van der Waals surface area contributed by atoms with Gasteiger partial charge in [0.1, 0.15) is 12.4 Å². The van der Waals surface area contributed by atoms with Crippen molar-refractivity contribution in [3.05, 3.63) is 65.7 Å². The number of piperidine rings is 1. The van der Waals surface area contributed by atoms with Crippen LogP contribution in [0.4, 0.5) is 0 Å². The van der Waals surface area contributed by atoms with Crippen molar-refractivity contribution in [3.63, 3.8) is 0 Å². The molecule has 2 N–H and O–H groups in total. The molecule has 0 bridgehead atoms. The van der Waals surface area contributed by atoms with Crippen molar-refractivity contribution >= 4 is 18.3 Å². The van der Waals surface area contributed by atoms with Gasteiger partial charge >= 0.3 is 0 Å². The molecule has 1 aliphatic rings. The maximum atomic E-state index is 12.3. The van der Waals surface area contributed by atoms with Gasteiger partial charge in [-0.05, 0) is 37.6 Å². The van der Waals surface area contributed by atoms with Crippen LogP contribution in [0.25, 0.3) is 0 Å². The maximum Gasteiger partial charge on any atom is 0.223 e. The molecule has 0 aromatic heterocycles. The van der Waals surface area contributed by atoms with E-state index in [1.54, 1.807) is 0 Å². The summed E-state index contributed by atoms with van der Waals surface area (Å²) in [7, 11) is 0. The molecule has 4 nitrogen and oxygen atoms in total. The van der Waals surface area contributed by atoms with E-state index in [9.17, 15) is 4.79 Å². The van der Waals surface area contributed by atoms with E-state index in [1.165, 1.54) is 0 Å². The second-order valence-corrected chi connectivity index (χ2v) is 6.12. The summed E-state index contributed by atoms with van der Waals surface area (Å²) in [5.74, 6) is 1.10. The van der Waals surface area contributed by atoms with Gasteiger partial charge in [-0.1, -0.05) is 48.5 Å². The highest BCUT2D eigenvalue weighted by Crippen LogP contribution is 2.20. The zero-order valence-electron chi connectivity index (χ0n) is 14.2. The minimum Gasteiger partial charge on any atom is -0.489 e. The number of benzene rings is 2. The fourth-order valence-electron chi connectivity index (χ4n) is 2.94. The van der Waals surface area contributed by atoms with E-state index in [4.69, 9.17) is 4.74 Å². The van der Waals surface area contributed by atoms with Crippen molar-refractivity contribution in [2.75, 3.05) is 13.1 Å². The van der Waals surface area contributed by atoms with Gasteiger partial charge in [0, 0.05) is 18.0 Å². The molecule has 0 unspecified atom stereocenters. The Morgan fingerprint density at radius 3 is 2.48 bits per heavy atom. The largest absolute Gasteiger partial charge is 0.489 e. The van der Waals surface area contributed by atoms with Crippen molar-refractivity contribution in [1.29, 1.82) is 0 Å². The lowest BCUT2D eigenvalue weighted by atomic mass is 9.97. The second kappa shape index (κ2) is 10.1. The molecule has 2 aromatic carbocycles. The molecule has 1 heterocycles. The number of amides is 1. The van der Waals surface area contributed by atoms with E-state index in [-0.39, 0.29) is 24.2 Å². The Morgan fingerprint density at radius 2 is 1.72 bits per heavy atom. The first kappa shape index (κ1) is 19.3. The van der Waals surface area contributed by atoms with E-state index in [0.717, 1.165) is 42.8 Å². The van der Waals surface area contributed by atoms with E-state index in [2.05, 4.69) is 10.6 Å². The molecule has 1 saturated heterocycles. The number of hydrogen-bond acceptors (Lipinski definition) is 3. The fourth-order valence-corrected chi connectivity index (χ4v) is 2.94. The first-order valence-electron chi connectivity index (χ1n) is 8.56. The van der Waals surface area contributed by atoms with Gasteiger partial charge < -0.3 is 15.4 Å². The summed E-state index contributed by atoms with van der Waals surface area (Å²) >= 11 is 0. The minimum atomic E-state index is 0. The van der Waals surface area contributed by atoms with Gasteiger partial charge in [0.05, 0.1) is 0 Å². The molecular weight excluding hydrogens is 336 g/mol. The Balaban J connectivity index is 0.00000225. The Labute approximate surface area is 155 Å². The summed E-state index contributed by atoms with van der Waals surface area (Å²) < 4.78 is 5.94. The first-order chi connectivity index (χ1) is 11.8. The average molecular weight is 361 g/mol. The molecule has 0 atom stereocenters. The van der Waals surface area contributed by atoms with E-state index in [0.29, 0.717) is 13.2 Å². The van der Waals surface area contributed by atoms with Crippen LogP contribution in [0.15, 0.2) is 54.6 Å². The van der Waals surface area contributed by atoms with Crippen LogP contribution in [0.2, 0.25) is 0 Å². The summed E-state index contributed by atoms with van der Waals surface area (Å²) in [5, 5.41) is 6.35. The number of rotatable bonds is 6. The van der Waals surface area contributed by atoms with Crippen molar-refractivity contribution in [3.8, 4) is 5.75 Å². The number of hydrogen-bond donors (Lipinski definition) is 2. The van der Waals surface area contributed by atoms with Crippen LogP contribution in [0.3, 0.4) is 0 Å². The smallest absolute Gasteiger partial charge is 0.223 e. The van der Waals surface area contributed by atoms with Gasteiger partial charge in [0.15, 0.2) is 0 Å². The number of carbonyl (C=O) groups excluding carboxylic acids is 1.